The fourth-order valence-corrected chi connectivity index (χ4v) is 3.61. The minimum Gasteiger partial charge on any atom is -0.471 e. The van der Waals surface area contributed by atoms with Gasteiger partial charge in [0.2, 0.25) is 17.7 Å². The summed E-state index contributed by atoms with van der Waals surface area (Å²) in [6.07, 6.45) is 7.59. The molecule has 4 rings (SSSR count). The highest BCUT2D eigenvalue weighted by Gasteiger charge is 2.13. The minimum absolute atomic E-state index is 0.105. The van der Waals surface area contributed by atoms with Gasteiger partial charge in [0.25, 0.3) is 5.56 Å². The van der Waals surface area contributed by atoms with Crippen molar-refractivity contribution in [1.82, 2.24) is 29.4 Å². The number of allylic oxidation sites excluding steroid dienone is 1. The number of benzene rings is 1. The number of carbonyl (C=O) groups is 2. The van der Waals surface area contributed by atoms with Gasteiger partial charge < -0.3 is 24.5 Å². The molecule has 4 aromatic rings. The molecule has 1 aromatic carbocycles. The zero-order chi connectivity index (χ0) is 26.9. The van der Waals surface area contributed by atoms with Crippen LogP contribution in [0, 0.1) is 0 Å². The molecule has 0 aliphatic rings. The molecule has 0 aliphatic carbocycles. The Hall–Kier alpha value is -4.80. The molecule has 0 radical (unpaired) electrons. The summed E-state index contributed by atoms with van der Waals surface area (Å²) in [7, 11) is 3.35. The Balaban J connectivity index is 1.38. The molecule has 11 nitrogen and oxygen atoms in total. The van der Waals surface area contributed by atoms with Crippen molar-refractivity contribution in [3.8, 4) is 5.88 Å². The Kier molecular flexibility index (Phi) is 8.60. The van der Waals surface area contributed by atoms with E-state index in [2.05, 4.69) is 25.3 Å². The highest BCUT2D eigenvalue weighted by molar-refractivity contribution is 5.90. The van der Waals surface area contributed by atoms with Crippen molar-refractivity contribution in [2.75, 3.05) is 19.4 Å². The molecule has 0 bridgehead atoms. The molecule has 0 atom stereocenters. The second-order valence-corrected chi connectivity index (χ2v) is 8.76. The number of pyridine rings is 1. The molecule has 3 heterocycles. The SMILES string of the molecule is CN(C)C(=O)/C=C/CCCC(=O)Nc1cccn(Cc2nc3c(OCc4ccccc4)ncnc3[nH]2)c1=O. The number of ether oxygens (including phenoxy) is 1. The number of hydrogen-bond donors (Lipinski definition) is 2. The zero-order valence-electron chi connectivity index (χ0n) is 21.3. The van der Waals surface area contributed by atoms with Gasteiger partial charge in [-0.1, -0.05) is 36.4 Å². The third-order valence-corrected chi connectivity index (χ3v) is 5.61. The number of carbonyl (C=O) groups excluding carboxylic acids is 2. The number of H-pyrrole nitrogens is 1. The summed E-state index contributed by atoms with van der Waals surface area (Å²) >= 11 is 0. The van der Waals surface area contributed by atoms with Crippen LogP contribution in [0.15, 0.2) is 71.9 Å². The fraction of sp³-hybridized carbons (Fsp3) is 0.259. The Bertz CT molecular complexity index is 1490. The van der Waals surface area contributed by atoms with Gasteiger partial charge in [-0.05, 0) is 36.6 Å². The predicted octanol–water partition coefficient (Wildman–Crippen LogP) is 2.90. The van der Waals surface area contributed by atoms with E-state index in [-0.39, 0.29) is 36.0 Å². The molecule has 196 valence electrons. The maximum atomic E-state index is 13.0. The largest absolute Gasteiger partial charge is 0.471 e. The normalized spacial score (nSPS) is 11.1. The maximum Gasteiger partial charge on any atom is 0.274 e. The van der Waals surface area contributed by atoms with Crippen LogP contribution >= 0.6 is 0 Å². The Morgan fingerprint density at radius 3 is 2.74 bits per heavy atom. The van der Waals surface area contributed by atoms with Crippen LogP contribution in [0.25, 0.3) is 11.2 Å². The number of fused-ring (bicyclic) bond motifs is 1. The zero-order valence-corrected chi connectivity index (χ0v) is 21.3. The van der Waals surface area contributed by atoms with E-state index >= 15 is 0 Å². The van der Waals surface area contributed by atoms with Crippen molar-refractivity contribution in [3.63, 3.8) is 0 Å². The van der Waals surface area contributed by atoms with Gasteiger partial charge in [0.1, 0.15) is 24.4 Å². The van der Waals surface area contributed by atoms with E-state index in [1.54, 1.807) is 38.5 Å². The summed E-state index contributed by atoms with van der Waals surface area (Å²) in [5.41, 5.74) is 1.79. The lowest BCUT2D eigenvalue weighted by atomic mass is 10.2. The monoisotopic (exact) mass is 515 g/mol. The van der Waals surface area contributed by atoms with Crippen molar-refractivity contribution >= 4 is 28.7 Å². The van der Waals surface area contributed by atoms with Crippen LogP contribution in [0.2, 0.25) is 0 Å². The minimum atomic E-state index is -0.357. The molecule has 38 heavy (non-hydrogen) atoms. The van der Waals surface area contributed by atoms with E-state index < -0.39 is 0 Å². The first-order valence-corrected chi connectivity index (χ1v) is 12.1. The summed E-state index contributed by atoms with van der Waals surface area (Å²) < 4.78 is 7.30. The number of imidazole rings is 1. The Morgan fingerprint density at radius 2 is 1.95 bits per heavy atom. The summed E-state index contributed by atoms with van der Waals surface area (Å²) in [6.45, 7) is 0.475. The van der Waals surface area contributed by atoms with Crippen LogP contribution in [-0.4, -0.2) is 55.3 Å². The van der Waals surface area contributed by atoms with Crippen molar-refractivity contribution in [1.29, 1.82) is 0 Å². The van der Waals surface area contributed by atoms with Crippen LogP contribution < -0.4 is 15.6 Å². The number of nitrogens with zero attached hydrogens (tertiary/aromatic N) is 5. The van der Waals surface area contributed by atoms with Gasteiger partial charge in [-0.2, -0.15) is 4.98 Å². The summed E-state index contributed by atoms with van der Waals surface area (Å²) in [6, 6.07) is 13.0. The number of aromatic amines is 1. The Morgan fingerprint density at radius 1 is 1.13 bits per heavy atom. The average Bonchev–Trinajstić information content (AvgIpc) is 3.33. The number of rotatable bonds is 11. The van der Waals surface area contributed by atoms with Gasteiger partial charge in [0.15, 0.2) is 11.2 Å². The van der Waals surface area contributed by atoms with E-state index in [4.69, 9.17) is 4.74 Å². The maximum absolute atomic E-state index is 13.0. The first-order chi connectivity index (χ1) is 18.4. The molecule has 0 aliphatic heterocycles. The van der Waals surface area contributed by atoms with Gasteiger partial charge in [-0.3, -0.25) is 14.4 Å². The first kappa shape index (κ1) is 26.3. The lowest BCUT2D eigenvalue weighted by molar-refractivity contribution is -0.123. The molecule has 3 aromatic heterocycles. The third kappa shape index (κ3) is 6.90. The molecule has 0 fully saturated rings. The molecule has 0 spiro atoms. The van der Waals surface area contributed by atoms with Gasteiger partial charge in [-0.15, -0.1) is 0 Å². The number of aromatic nitrogens is 5. The van der Waals surface area contributed by atoms with Gasteiger partial charge in [-0.25, -0.2) is 9.97 Å². The van der Waals surface area contributed by atoms with E-state index in [0.717, 1.165) is 5.56 Å². The molecule has 0 saturated carbocycles. The lowest BCUT2D eigenvalue weighted by Crippen LogP contribution is -2.26. The summed E-state index contributed by atoms with van der Waals surface area (Å²) in [5.74, 6) is 0.462. The molecule has 0 unspecified atom stereocenters. The van der Waals surface area contributed by atoms with Gasteiger partial charge in [0, 0.05) is 26.7 Å². The topological polar surface area (TPSA) is 135 Å². The highest BCUT2D eigenvalue weighted by atomic mass is 16.5. The van der Waals surface area contributed by atoms with Crippen molar-refractivity contribution in [3.05, 3.63) is 88.9 Å². The van der Waals surface area contributed by atoms with Gasteiger partial charge in [0.05, 0.1) is 6.54 Å². The van der Waals surface area contributed by atoms with E-state index in [1.807, 2.05) is 30.3 Å². The number of hydrogen-bond acceptors (Lipinski definition) is 7. The number of unbranched alkanes of at least 4 members (excludes halogenated alkanes) is 1. The quantitative estimate of drug-likeness (QED) is 0.232. The van der Waals surface area contributed by atoms with Crippen LogP contribution in [0.3, 0.4) is 0 Å². The third-order valence-electron chi connectivity index (χ3n) is 5.61. The molecule has 0 saturated heterocycles. The van der Waals surface area contributed by atoms with E-state index in [0.29, 0.717) is 42.3 Å². The van der Waals surface area contributed by atoms with Crippen LogP contribution in [0.1, 0.15) is 30.7 Å². The van der Waals surface area contributed by atoms with Crippen molar-refractivity contribution < 1.29 is 14.3 Å². The second kappa shape index (κ2) is 12.4. The first-order valence-electron chi connectivity index (χ1n) is 12.1. The van der Waals surface area contributed by atoms with Crippen LogP contribution in [-0.2, 0) is 22.7 Å². The Labute approximate surface area is 219 Å². The number of nitrogens with one attached hydrogen (secondary N) is 2. The smallest absolute Gasteiger partial charge is 0.274 e. The van der Waals surface area contributed by atoms with Crippen LogP contribution in [0.5, 0.6) is 5.88 Å². The van der Waals surface area contributed by atoms with Crippen molar-refractivity contribution in [2.24, 2.45) is 0 Å². The molecule has 11 heteroatoms. The summed E-state index contributed by atoms with van der Waals surface area (Å²) in [4.78, 5) is 54.4. The fourth-order valence-electron chi connectivity index (χ4n) is 3.61. The van der Waals surface area contributed by atoms with Gasteiger partial charge >= 0.3 is 0 Å². The second-order valence-electron chi connectivity index (χ2n) is 8.76. The molecular weight excluding hydrogens is 486 g/mol. The van der Waals surface area contributed by atoms with Crippen LogP contribution in [0.4, 0.5) is 5.69 Å². The van der Waals surface area contributed by atoms with Crippen molar-refractivity contribution in [2.45, 2.75) is 32.4 Å². The summed E-state index contributed by atoms with van der Waals surface area (Å²) in [5, 5.41) is 2.68. The lowest BCUT2D eigenvalue weighted by Gasteiger charge is -2.08. The number of likely N-dealkylation sites (N-methyl/N-ethyl adjacent to an activating group) is 1. The molecule has 2 N–H and O–H groups in total. The van der Waals surface area contributed by atoms with E-state index in [9.17, 15) is 14.4 Å². The molecular formula is C27H29N7O4. The standard InChI is InChI=1S/C27H29N7O4/c1-33(2)23(36)14-8-4-7-13-22(35)30-20-12-9-15-34(27(20)37)16-21-31-24-25(32-21)28-18-29-26(24)38-17-19-10-5-3-6-11-19/h3,5-6,8-12,14-15,18H,4,7,13,16-17H2,1-2H3,(H,30,35)(H,28,29,31,32)/b14-8+. The van der Waals surface area contributed by atoms with E-state index in [1.165, 1.54) is 21.9 Å². The predicted molar refractivity (Wildman–Crippen MR) is 143 cm³/mol. The number of anilines is 1. The number of amides is 2. The highest BCUT2D eigenvalue weighted by Crippen LogP contribution is 2.20. The average molecular weight is 516 g/mol. The molecule has 2 amide bonds.